The van der Waals surface area contributed by atoms with Crippen molar-refractivity contribution in [2.75, 3.05) is 0 Å². The third-order valence-electron chi connectivity index (χ3n) is 5.09. The van der Waals surface area contributed by atoms with Gasteiger partial charge in [-0.1, -0.05) is 54.9 Å². The van der Waals surface area contributed by atoms with Crippen LogP contribution in [-0.4, -0.2) is 11.8 Å². The molecule has 2 amide bonds. The minimum absolute atomic E-state index is 0.171. The van der Waals surface area contributed by atoms with Crippen LogP contribution in [-0.2, 0) is 29.0 Å². The zero-order chi connectivity index (χ0) is 19.2. The summed E-state index contributed by atoms with van der Waals surface area (Å²) in [5, 5.41) is 6.06. The van der Waals surface area contributed by atoms with Crippen molar-refractivity contribution in [1.82, 2.24) is 10.6 Å². The van der Waals surface area contributed by atoms with Crippen LogP contribution >= 0.6 is 11.6 Å². The highest BCUT2D eigenvalue weighted by atomic mass is 35.5. The van der Waals surface area contributed by atoms with Gasteiger partial charge >= 0.3 is 11.8 Å². The summed E-state index contributed by atoms with van der Waals surface area (Å²) in [5.74, 6) is -1.27. The van der Waals surface area contributed by atoms with Gasteiger partial charge in [0.2, 0.25) is 0 Å². The van der Waals surface area contributed by atoms with E-state index in [0.717, 1.165) is 30.4 Å². The summed E-state index contributed by atoms with van der Waals surface area (Å²) >= 11 is 6.08. The van der Waals surface area contributed by atoms with Crippen LogP contribution in [0.15, 0.2) is 42.5 Å². The summed E-state index contributed by atoms with van der Waals surface area (Å²) in [7, 11) is 0. The first-order valence-corrected chi connectivity index (χ1v) is 9.90. The predicted octanol–water partition coefficient (Wildman–Crippen LogP) is 4.10. The van der Waals surface area contributed by atoms with Crippen LogP contribution in [0.25, 0.3) is 0 Å². The van der Waals surface area contributed by atoms with Crippen molar-refractivity contribution in [1.29, 1.82) is 0 Å². The molecular weight excluding hydrogens is 360 g/mol. The lowest BCUT2D eigenvalue weighted by molar-refractivity contribution is -0.139. The van der Waals surface area contributed by atoms with Crippen molar-refractivity contribution < 1.29 is 9.59 Å². The Kier molecular flexibility index (Phi) is 6.51. The van der Waals surface area contributed by atoms with Crippen molar-refractivity contribution in [3.05, 3.63) is 69.7 Å². The van der Waals surface area contributed by atoms with Gasteiger partial charge in [0.25, 0.3) is 0 Å². The summed E-state index contributed by atoms with van der Waals surface area (Å²) < 4.78 is 0. The van der Waals surface area contributed by atoms with Gasteiger partial charge in [0.1, 0.15) is 0 Å². The summed E-state index contributed by atoms with van der Waals surface area (Å²) in [6, 6.07) is 13.5. The number of rotatable bonds is 5. The SMILES string of the molecule is CCC(NC(=O)C(=O)NCc1ccccc1Cl)c1ccc2c(c1)CCCC2. The molecule has 0 saturated carbocycles. The second-order valence-electron chi connectivity index (χ2n) is 6.94. The van der Waals surface area contributed by atoms with E-state index in [-0.39, 0.29) is 12.6 Å². The fraction of sp³-hybridized carbons (Fsp3) is 0.364. The first kappa shape index (κ1) is 19.4. The molecule has 0 fully saturated rings. The Morgan fingerprint density at radius 1 is 1.04 bits per heavy atom. The second kappa shape index (κ2) is 9.05. The van der Waals surface area contributed by atoms with Gasteiger partial charge in [-0.3, -0.25) is 9.59 Å². The molecule has 2 N–H and O–H groups in total. The lowest BCUT2D eigenvalue weighted by Crippen LogP contribution is -2.41. The molecule has 1 aliphatic carbocycles. The molecule has 4 nitrogen and oxygen atoms in total. The molecular formula is C22H25ClN2O2. The van der Waals surface area contributed by atoms with Crippen LogP contribution in [0.1, 0.15) is 54.5 Å². The van der Waals surface area contributed by atoms with E-state index in [4.69, 9.17) is 11.6 Å². The van der Waals surface area contributed by atoms with Crippen LogP contribution in [0.2, 0.25) is 5.02 Å². The van der Waals surface area contributed by atoms with E-state index in [1.165, 1.54) is 24.0 Å². The van der Waals surface area contributed by atoms with Gasteiger partial charge in [0.15, 0.2) is 0 Å². The molecule has 1 aliphatic rings. The smallest absolute Gasteiger partial charge is 0.309 e. The van der Waals surface area contributed by atoms with Crippen LogP contribution in [0, 0.1) is 0 Å². The highest BCUT2D eigenvalue weighted by Crippen LogP contribution is 2.26. The van der Waals surface area contributed by atoms with Crippen molar-refractivity contribution in [3.8, 4) is 0 Å². The zero-order valence-electron chi connectivity index (χ0n) is 15.6. The summed E-state index contributed by atoms with van der Waals surface area (Å²) in [4.78, 5) is 24.5. The zero-order valence-corrected chi connectivity index (χ0v) is 16.3. The van der Waals surface area contributed by atoms with E-state index in [1.807, 2.05) is 25.1 Å². The number of halogens is 1. The normalized spacial score (nSPS) is 14.1. The molecule has 1 atom stereocenters. The average molecular weight is 385 g/mol. The summed E-state index contributed by atoms with van der Waals surface area (Å²) in [6.07, 6.45) is 5.40. The Balaban J connectivity index is 1.61. The highest BCUT2D eigenvalue weighted by Gasteiger charge is 2.20. The number of hydrogen-bond acceptors (Lipinski definition) is 2. The fourth-order valence-corrected chi connectivity index (χ4v) is 3.72. The third kappa shape index (κ3) is 4.89. The van der Waals surface area contributed by atoms with Crippen molar-refractivity contribution in [3.63, 3.8) is 0 Å². The minimum Gasteiger partial charge on any atom is -0.344 e. The molecule has 142 valence electrons. The maximum Gasteiger partial charge on any atom is 0.309 e. The third-order valence-corrected chi connectivity index (χ3v) is 5.46. The Bertz CT molecular complexity index is 835. The molecule has 0 aromatic heterocycles. The van der Waals surface area contributed by atoms with Gasteiger partial charge in [-0.2, -0.15) is 0 Å². The number of nitrogens with one attached hydrogen (secondary N) is 2. The van der Waals surface area contributed by atoms with Crippen molar-refractivity contribution in [2.45, 2.75) is 51.6 Å². The van der Waals surface area contributed by atoms with E-state index >= 15 is 0 Å². The molecule has 1 unspecified atom stereocenters. The first-order chi connectivity index (χ1) is 13.1. The molecule has 0 heterocycles. The topological polar surface area (TPSA) is 58.2 Å². The molecule has 5 heteroatoms. The lowest BCUT2D eigenvalue weighted by Gasteiger charge is -2.21. The van der Waals surface area contributed by atoms with Crippen LogP contribution in [0.5, 0.6) is 0 Å². The summed E-state index contributed by atoms with van der Waals surface area (Å²) in [5.41, 5.74) is 4.62. The largest absolute Gasteiger partial charge is 0.344 e. The van der Waals surface area contributed by atoms with E-state index < -0.39 is 11.8 Å². The first-order valence-electron chi connectivity index (χ1n) is 9.52. The molecule has 27 heavy (non-hydrogen) atoms. The second-order valence-corrected chi connectivity index (χ2v) is 7.35. The number of fused-ring (bicyclic) bond motifs is 1. The quantitative estimate of drug-likeness (QED) is 0.762. The van der Waals surface area contributed by atoms with Crippen molar-refractivity contribution in [2.24, 2.45) is 0 Å². The van der Waals surface area contributed by atoms with Gasteiger partial charge in [-0.15, -0.1) is 0 Å². The van der Waals surface area contributed by atoms with Crippen LogP contribution < -0.4 is 10.6 Å². The van der Waals surface area contributed by atoms with Gasteiger partial charge < -0.3 is 10.6 Å². The Morgan fingerprint density at radius 2 is 1.78 bits per heavy atom. The van der Waals surface area contributed by atoms with E-state index in [9.17, 15) is 9.59 Å². The van der Waals surface area contributed by atoms with Crippen LogP contribution in [0.4, 0.5) is 0 Å². The number of amides is 2. The van der Waals surface area contributed by atoms with Gasteiger partial charge in [0, 0.05) is 11.6 Å². The van der Waals surface area contributed by atoms with E-state index in [1.54, 1.807) is 6.07 Å². The van der Waals surface area contributed by atoms with E-state index in [2.05, 4.69) is 28.8 Å². The molecule has 0 saturated heterocycles. The minimum atomic E-state index is -0.647. The van der Waals surface area contributed by atoms with Gasteiger partial charge in [0.05, 0.1) is 6.04 Å². The molecule has 0 aliphatic heterocycles. The number of carbonyl (C=O) groups excluding carboxylic acids is 2. The number of carbonyl (C=O) groups is 2. The Labute approximate surface area is 165 Å². The molecule has 0 radical (unpaired) electrons. The number of benzene rings is 2. The Morgan fingerprint density at radius 3 is 2.52 bits per heavy atom. The van der Waals surface area contributed by atoms with Gasteiger partial charge in [-0.05, 0) is 60.4 Å². The molecule has 0 spiro atoms. The standard InChI is InChI=1S/C22H25ClN2O2/c1-2-20(17-12-11-15-7-3-4-8-16(15)13-17)25-22(27)21(26)24-14-18-9-5-6-10-19(18)23/h5-6,9-13,20H,2-4,7-8,14H2,1H3,(H,24,26)(H,25,27). The monoisotopic (exact) mass is 384 g/mol. The molecule has 2 aromatic rings. The van der Waals surface area contributed by atoms with E-state index in [0.29, 0.717) is 5.02 Å². The summed E-state index contributed by atoms with van der Waals surface area (Å²) in [6.45, 7) is 2.23. The molecule has 2 aromatic carbocycles. The fourth-order valence-electron chi connectivity index (χ4n) is 3.51. The maximum absolute atomic E-state index is 12.3. The predicted molar refractivity (Wildman–Crippen MR) is 108 cm³/mol. The Hall–Kier alpha value is -2.33. The number of hydrogen-bond donors (Lipinski definition) is 2. The molecule has 3 rings (SSSR count). The highest BCUT2D eigenvalue weighted by molar-refractivity contribution is 6.35. The molecule has 0 bridgehead atoms. The van der Waals surface area contributed by atoms with Crippen LogP contribution in [0.3, 0.4) is 0 Å². The number of aryl methyl sites for hydroxylation is 2. The van der Waals surface area contributed by atoms with Crippen molar-refractivity contribution >= 4 is 23.4 Å². The lowest BCUT2D eigenvalue weighted by atomic mass is 9.89. The maximum atomic E-state index is 12.3. The average Bonchev–Trinajstić information content (AvgIpc) is 2.70. The van der Waals surface area contributed by atoms with Gasteiger partial charge in [-0.25, -0.2) is 0 Å².